The lowest BCUT2D eigenvalue weighted by molar-refractivity contribution is -0.137. The number of para-hydroxylation sites is 1. The number of nitrogens with zero attached hydrogens (tertiary/aromatic N) is 1. The molecule has 0 aliphatic carbocycles. The first-order chi connectivity index (χ1) is 19.5. The number of rotatable bonds is 9. The molecule has 7 nitrogen and oxygen atoms in total. The van der Waals surface area contributed by atoms with Crippen molar-refractivity contribution < 1.29 is 9.59 Å². The first-order valence-electron chi connectivity index (χ1n) is 14.2. The van der Waals surface area contributed by atoms with Crippen LogP contribution in [0.15, 0.2) is 72.8 Å². The number of nitrogens with one attached hydrogen (secondary N) is 3. The maximum Gasteiger partial charge on any atom is 0.245 e. The number of carbonyl (C=O) groups excluding carboxylic acids is 2. The third-order valence-electron chi connectivity index (χ3n) is 8.03. The van der Waals surface area contributed by atoms with Gasteiger partial charge in [0.2, 0.25) is 11.8 Å². The van der Waals surface area contributed by atoms with Crippen molar-refractivity contribution in [2.75, 3.05) is 31.5 Å². The van der Waals surface area contributed by atoms with Gasteiger partial charge < -0.3 is 26.6 Å². The predicted molar refractivity (Wildman–Crippen MR) is 160 cm³/mol. The van der Waals surface area contributed by atoms with Crippen molar-refractivity contribution in [1.29, 1.82) is 0 Å². The summed E-state index contributed by atoms with van der Waals surface area (Å²) in [5.41, 5.74) is 11.4. The monoisotopic (exact) mass is 559 g/mol. The third kappa shape index (κ3) is 6.84. The van der Waals surface area contributed by atoms with E-state index in [4.69, 9.17) is 17.3 Å². The van der Waals surface area contributed by atoms with E-state index in [9.17, 15) is 9.59 Å². The van der Waals surface area contributed by atoms with Crippen LogP contribution < -0.4 is 21.7 Å². The number of likely N-dealkylation sites (tertiary alicyclic amines) is 1. The molecule has 5 N–H and O–H groups in total. The minimum Gasteiger partial charge on any atom is -0.384 e. The number of hydrogen-bond acceptors (Lipinski definition) is 5. The van der Waals surface area contributed by atoms with Crippen molar-refractivity contribution in [3.8, 4) is 0 Å². The zero-order valence-corrected chi connectivity index (χ0v) is 23.5. The Labute approximate surface area is 241 Å². The van der Waals surface area contributed by atoms with Crippen LogP contribution in [0.3, 0.4) is 0 Å². The molecule has 2 aliphatic heterocycles. The average molecular weight is 560 g/mol. The summed E-state index contributed by atoms with van der Waals surface area (Å²) in [6, 6.07) is 23.0. The van der Waals surface area contributed by atoms with Gasteiger partial charge in [-0.05, 0) is 65.6 Å². The SMILES string of the molecule is NCCNc1ccccc1C1CCN(C(=O)[C@@H](Cc2ccc(Cl)cc2)NC(=O)[C@@H]2Cc3ccccc3CN2)CC1. The van der Waals surface area contributed by atoms with Crippen molar-refractivity contribution in [2.24, 2.45) is 5.73 Å². The number of anilines is 1. The summed E-state index contributed by atoms with van der Waals surface area (Å²) in [5, 5.41) is 10.5. The van der Waals surface area contributed by atoms with Crippen LogP contribution >= 0.6 is 11.6 Å². The number of amides is 2. The summed E-state index contributed by atoms with van der Waals surface area (Å²) in [7, 11) is 0. The second kappa shape index (κ2) is 13.3. The molecule has 2 atom stereocenters. The molecule has 2 aliphatic rings. The molecule has 0 saturated carbocycles. The maximum atomic E-state index is 13.9. The van der Waals surface area contributed by atoms with Crippen LogP contribution in [0.2, 0.25) is 5.02 Å². The van der Waals surface area contributed by atoms with E-state index in [1.807, 2.05) is 47.4 Å². The molecule has 0 spiro atoms. The third-order valence-corrected chi connectivity index (χ3v) is 8.28. The second-order valence-corrected chi connectivity index (χ2v) is 11.1. The summed E-state index contributed by atoms with van der Waals surface area (Å²) in [5.74, 6) is 0.186. The molecule has 0 bridgehead atoms. The Morgan fingerprint density at radius 3 is 2.42 bits per heavy atom. The largest absolute Gasteiger partial charge is 0.384 e. The standard InChI is InChI=1S/C32H38ClN5O2/c33-26-11-9-22(10-12-26)19-30(37-31(39)29-20-24-5-1-2-6-25(24)21-36-29)32(40)38-17-13-23(14-18-38)27-7-3-4-8-28(27)35-16-15-34/h1-12,23,29-30,35-36H,13-21,34H2,(H,37,39)/t29-,30+/m0/s1. The summed E-state index contributed by atoms with van der Waals surface area (Å²) in [4.78, 5) is 29.2. The van der Waals surface area contributed by atoms with E-state index >= 15 is 0 Å². The Hall–Kier alpha value is -3.39. The molecule has 2 amide bonds. The molecule has 8 heteroatoms. The highest BCUT2D eigenvalue weighted by atomic mass is 35.5. The number of benzene rings is 3. The molecule has 5 rings (SSSR count). The fraction of sp³-hybridized carbons (Fsp3) is 0.375. The van der Waals surface area contributed by atoms with Gasteiger partial charge >= 0.3 is 0 Å². The van der Waals surface area contributed by atoms with E-state index in [2.05, 4.69) is 46.3 Å². The highest BCUT2D eigenvalue weighted by Crippen LogP contribution is 2.33. The Bertz CT molecular complexity index is 1310. The van der Waals surface area contributed by atoms with Crippen molar-refractivity contribution in [1.82, 2.24) is 15.5 Å². The van der Waals surface area contributed by atoms with E-state index < -0.39 is 6.04 Å². The molecule has 0 aromatic heterocycles. The van der Waals surface area contributed by atoms with Gasteiger partial charge in [-0.1, -0.05) is 66.2 Å². The lowest BCUT2D eigenvalue weighted by Crippen LogP contribution is -2.56. The number of halogens is 1. The number of hydrogen-bond donors (Lipinski definition) is 4. The van der Waals surface area contributed by atoms with E-state index in [0.717, 1.165) is 30.6 Å². The molecule has 210 valence electrons. The number of nitrogens with two attached hydrogens (primary N) is 1. The van der Waals surface area contributed by atoms with Gasteiger partial charge in [0.15, 0.2) is 0 Å². The van der Waals surface area contributed by atoms with E-state index in [1.54, 1.807) is 0 Å². The van der Waals surface area contributed by atoms with Crippen LogP contribution in [0.5, 0.6) is 0 Å². The van der Waals surface area contributed by atoms with E-state index in [1.165, 1.54) is 16.7 Å². The van der Waals surface area contributed by atoms with Crippen LogP contribution in [0.25, 0.3) is 0 Å². The van der Waals surface area contributed by atoms with Crippen molar-refractivity contribution >= 4 is 29.1 Å². The van der Waals surface area contributed by atoms with Gasteiger partial charge in [0.05, 0.1) is 6.04 Å². The van der Waals surface area contributed by atoms with Gasteiger partial charge in [-0.3, -0.25) is 9.59 Å². The Morgan fingerprint density at radius 1 is 0.975 bits per heavy atom. The van der Waals surface area contributed by atoms with Crippen molar-refractivity contribution in [3.05, 3.63) is 100 Å². The quantitative estimate of drug-likeness (QED) is 0.319. The van der Waals surface area contributed by atoms with Crippen molar-refractivity contribution in [2.45, 2.75) is 50.2 Å². The number of carbonyl (C=O) groups is 2. The van der Waals surface area contributed by atoms with Crippen LogP contribution in [0, 0.1) is 0 Å². The normalized spacial score (nSPS) is 18.1. The second-order valence-electron chi connectivity index (χ2n) is 10.7. The molecule has 1 saturated heterocycles. The van der Waals surface area contributed by atoms with Crippen LogP contribution in [-0.2, 0) is 29.0 Å². The molecule has 3 aromatic carbocycles. The average Bonchev–Trinajstić information content (AvgIpc) is 3.00. The minimum absolute atomic E-state index is 0.0347. The highest BCUT2D eigenvalue weighted by Gasteiger charge is 2.33. The zero-order chi connectivity index (χ0) is 27.9. The summed E-state index contributed by atoms with van der Waals surface area (Å²) in [6.07, 6.45) is 2.76. The zero-order valence-electron chi connectivity index (χ0n) is 22.7. The lowest BCUT2D eigenvalue weighted by Gasteiger charge is -2.36. The fourth-order valence-electron chi connectivity index (χ4n) is 5.82. The fourth-order valence-corrected chi connectivity index (χ4v) is 5.95. The molecular weight excluding hydrogens is 522 g/mol. The first-order valence-corrected chi connectivity index (χ1v) is 14.6. The predicted octanol–water partition coefficient (Wildman–Crippen LogP) is 3.86. The molecule has 0 unspecified atom stereocenters. The first kappa shape index (κ1) is 28.1. The Kier molecular flexibility index (Phi) is 9.37. The topological polar surface area (TPSA) is 99.5 Å². The molecule has 40 heavy (non-hydrogen) atoms. The Morgan fingerprint density at radius 2 is 1.68 bits per heavy atom. The number of fused-ring (bicyclic) bond motifs is 1. The molecule has 3 aromatic rings. The molecule has 1 fully saturated rings. The molecule has 0 radical (unpaired) electrons. The van der Waals surface area contributed by atoms with Crippen molar-refractivity contribution in [3.63, 3.8) is 0 Å². The molecular formula is C32H38ClN5O2. The Balaban J connectivity index is 1.27. The van der Waals surface area contributed by atoms with Gasteiger partial charge in [-0.2, -0.15) is 0 Å². The lowest BCUT2D eigenvalue weighted by atomic mass is 9.88. The number of piperidine rings is 1. The maximum absolute atomic E-state index is 13.9. The minimum atomic E-state index is -0.650. The van der Waals surface area contributed by atoms with Crippen LogP contribution in [0.4, 0.5) is 5.69 Å². The van der Waals surface area contributed by atoms with Gasteiger partial charge in [-0.15, -0.1) is 0 Å². The van der Waals surface area contributed by atoms with Gasteiger partial charge in [0.1, 0.15) is 6.04 Å². The highest BCUT2D eigenvalue weighted by molar-refractivity contribution is 6.30. The summed E-state index contributed by atoms with van der Waals surface area (Å²) < 4.78 is 0. The summed E-state index contributed by atoms with van der Waals surface area (Å²) >= 11 is 6.10. The van der Waals surface area contributed by atoms with Crippen LogP contribution in [-0.4, -0.2) is 55.0 Å². The van der Waals surface area contributed by atoms with E-state index in [0.29, 0.717) is 50.0 Å². The van der Waals surface area contributed by atoms with Gasteiger partial charge in [-0.25, -0.2) is 0 Å². The van der Waals surface area contributed by atoms with Gasteiger partial charge in [0, 0.05) is 49.9 Å². The molecule has 2 heterocycles. The van der Waals surface area contributed by atoms with Gasteiger partial charge in [0.25, 0.3) is 0 Å². The smallest absolute Gasteiger partial charge is 0.245 e. The summed E-state index contributed by atoms with van der Waals surface area (Å²) in [6.45, 7) is 3.24. The van der Waals surface area contributed by atoms with E-state index in [-0.39, 0.29) is 17.9 Å². The van der Waals surface area contributed by atoms with Crippen LogP contribution in [0.1, 0.15) is 41.0 Å².